The Balaban J connectivity index is 1.44. The highest BCUT2D eigenvalue weighted by molar-refractivity contribution is 7.89. The molecule has 178 valence electrons. The van der Waals surface area contributed by atoms with Crippen molar-refractivity contribution in [1.29, 1.82) is 0 Å². The number of hydrogen-bond donors (Lipinski definition) is 0. The maximum Gasteiger partial charge on any atom is 0.255 e. The maximum absolute atomic E-state index is 13.3. The molecule has 0 bridgehead atoms. The Bertz CT molecular complexity index is 1060. The number of benzene rings is 2. The normalized spacial score (nSPS) is 18.2. The zero-order valence-electron chi connectivity index (χ0n) is 19.1. The van der Waals surface area contributed by atoms with E-state index in [0.717, 1.165) is 25.0 Å². The van der Waals surface area contributed by atoms with Gasteiger partial charge in [-0.2, -0.15) is 4.31 Å². The van der Waals surface area contributed by atoms with Gasteiger partial charge in [-0.3, -0.25) is 4.79 Å². The molecule has 1 amide bonds. The summed E-state index contributed by atoms with van der Waals surface area (Å²) in [5.74, 6) is 1.19. The monoisotopic (exact) mass is 472 g/mol. The molecule has 0 saturated carbocycles. The number of nitrogens with zero attached hydrogens (tertiary/aromatic N) is 2. The van der Waals surface area contributed by atoms with Crippen LogP contribution in [0, 0.1) is 0 Å². The van der Waals surface area contributed by atoms with Crippen LogP contribution in [-0.2, 0) is 10.0 Å². The fourth-order valence-electron chi connectivity index (χ4n) is 4.46. The summed E-state index contributed by atoms with van der Waals surface area (Å²) in [7, 11) is -3.69. The molecular formula is C25H32N2O5S. The Kier molecular flexibility index (Phi) is 7.55. The van der Waals surface area contributed by atoms with Gasteiger partial charge in [0.15, 0.2) is 11.5 Å². The number of sulfonamides is 1. The van der Waals surface area contributed by atoms with Crippen molar-refractivity contribution in [3.05, 3.63) is 54.1 Å². The second kappa shape index (κ2) is 10.6. The molecular weight excluding hydrogens is 440 g/mol. The highest BCUT2D eigenvalue weighted by atomic mass is 32.2. The lowest BCUT2D eigenvalue weighted by molar-refractivity contribution is 0.0585. The largest absolute Gasteiger partial charge is 0.490 e. The minimum atomic E-state index is -3.69. The Morgan fingerprint density at radius 1 is 0.909 bits per heavy atom. The van der Waals surface area contributed by atoms with E-state index in [4.69, 9.17) is 9.47 Å². The van der Waals surface area contributed by atoms with Crippen LogP contribution in [0.1, 0.15) is 49.4 Å². The summed E-state index contributed by atoms with van der Waals surface area (Å²) >= 11 is 0. The van der Waals surface area contributed by atoms with E-state index in [1.165, 1.54) is 4.31 Å². The fourth-order valence-corrected chi connectivity index (χ4v) is 6.16. The molecule has 2 aromatic carbocycles. The lowest BCUT2D eigenvalue weighted by Gasteiger charge is -2.33. The minimum absolute atomic E-state index is 0.0250. The topological polar surface area (TPSA) is 76.1 Å². The average molecular weight is 473 g/mol. The van der Waals surface area contributed by atoms with Crippen LogP contribution in [0.4, 0.5) is 0 Å². The smallest absolute Gasteiger partial charge is 0.255 e. The van der Waals surface area contributed by atoms with Gasteiger partial charge in [-0.25, -0.2) is 8.42 Å². The van der Waals surface area contributed by atoms with Gasteiger partial charge < -0.3 is 14.4 Å². The van der Waals surface area contributed by atoms with E-state index in [2.05, 4.69) is 0 Å². The molecule has 0 radical (unpaired) electrons. The minimum Gasteiger partial charge on any atom is -0.490 e. The number of amides is 1. The van der Waals surface area contributed by atoms with Crippen molar-refractivity contribution >= 4 is 15.9 Å². The maximum atomic E-state index is 13.3. The van der Waals surface area contributed by atoms with Gasteiger partial charge in [-0.15, -0.1) is 0 Å². The molecule has 2 aromatic rings. The average Bonchev–Trinajstić information content (AvgIpc) is 2.86. The van der Waals surface area contributed by atoms with Crippen LogP contribution in [0.3, 0.4) is 0 Å². The van der Waals surface area contributed by atoms with Crippen LogP contribution >= 0.6 is 0 Å². The number of likely N-dealkylation sites (tertiary alicyclic amines) is 1. The molecule has 0 atom stereocenters. The molecule has 0 aliphatic carbocycles. The summed E-state index contributed by atoms with van der Waals surface area (Å²) in [5.41, 5.74) is 0.254. The van der Waals surface area contributed by atoms with Crippen LogP contribution in [0.5, 0.6) is 11.5 Å². The molecule has 0 spiro atoms. The first-order valence-corrected chi connectivity index (χ1v) is 13.2. The number of ether oxygens (including phenoxy) is 2. The van der Waals surface area contributed by atoms with Crippen molar-refractivity contribution in [1.82, 2.24) is 9.21 Å². The molecule has 2 fully saturated rings. The van der Waals surface area contributed by atoms with E-state index in [1.54, 1.807) is 29.2 Å². The summed E-state index contributed by atoms with van der Waals surface area (Å²) < 4.78 is 39.8. The third-order valence-corrected chi connectivity index (χ3v) is 8.18. The van der Waals surface area contributed by atoms with Gasteiger partial charge in [0, 0.05) is 39.0 Å². The van der Waals surface area contributed by atoms with Crippen molar-refractivity contribution in [2.75, 3.05) is 32.8 Å². The molecule has 33 heavy (non-hydrogen) atoms. The molecule has 2 aliphatic heterocycles. The zero-order chi connectivity index (χ0) is 23.3. The Labute approximate surface area is 196 Å². The van der Waals surface area contributed by atoms with Gasteiger partial charge in [-0.05, 0) is 44.0 Å². The number of piperidine rings is 2. The SMILES string of the molecule is CCOc1ccccc1OC1CCN(C(=O)c2ccccc2S(=O)(=O)N2CCCCC2)CC1. The predicted octanol–water partition coefficient (Wildman–Crippen LogP) is 3.94. The third-order valence-electron chi connectivity index (χ3n) is 6.22. The first kappa shape index (κ1) is 23.6. The summed E-state index contributed by atoms with van der Waals surface area (Å²) in [6.45, 7) is 4.54. The summed E-state index contributed by atoms with van der Waals surface area (Å²) in [4.78, 5) is 15.2. The first-order chi connectivity index (χ1) is 16.0. The van der Waals surface area contributed by atoms with Crippen molar-refractivity contribution in [2.45, 2.75) is 50.0 Å². The van der Waals surface area contributed by atoms with Gasteiger partial charge in [0.25, 0.3) is 5.91 Å². The van der Waals surface area contributed by atoms with Gasteiger partial charge >= 0.3 is 0 Å². The van der Waals surface area contributed by atoms with E-state index in [9.17, 15) is 13.2 Å². The van der Waals surface area contributed by atoms with Crippen molar-refractivity contribution in [2.24, 2.45) is 0 Å². The number of carbonyl (C=O) groups is 1. The number of hydrogen-bond acceptors (Lipinski definition) is 5. The van der Waals surface area contributed by atoms with Crippen molar-refractivity contribution < 1.29 is 22.7 Å². The second-order valence-corrected chi connectivity index (χ2v) is 10.4. The number of para-hydroxylation sites is 2. The van der Waals surface area contributed by atoms with Gasteiger partial charge in [-0.1, -0.05) is 30.7 Å². The van der Waals surface area contributed by atoms with Crippen LogP contribution in [0.2, 0.25) is 0 Å². The molecule has 2 aliphatic rings. The molecule has 8 heteroatoms. The van der Waals surface area contributed by atoms with Crippen LogP contribution < -0.4 is 9.47 Å². The second-order valence-electron chi connectivity index (χ2n) is 8.45. The zero-order valence-corrected chi connectivity index (χ0v) is 19.9. The van der Waals surface area contributed by atoms with E-state index < -0.39 is 10.0 Å². The Hall–Kier alpha value is -2.58. The third kappa shape index (κ3) is 5.33. The van der Waals surface area contributed by atoms with Crippen LogP contribution in [0.15, 0.2) is 53.4 Å². The van der Waals surface area contributed by atoms with Crippen molar-refractivity contribution in [3.63, 3.8) is 0 Å². The number of carbonyl (C=O) groups excluding carboxylic acids is 1. The Morgan fingerprint density at radius 3 is 2.24 bits per heavy atom. The lowest BCUT2D eigenvalue weighted by atomic mass is 10.1. The van der Waals surface area contributed by atoms with Crippen LogP contribution in [-0.4, -0.2) is 62.4 Å². The molecule has 2 heterocycles. The highest BCUT2D eigenvalue weighted by Gasteiger charge is 2.32. The molecule has 4 rings (SSSR count). The molecule has 7 nitrogen and oxygen atoms in total. The molecule has 0 aromatic heterocycles. The van der Waals surface area contributed by atoms with E-state index >= 15 is 0 Å². The van der Waals surface area contributed by atoms with Gasteiger partial charge in [0.1, 0.15) is 6.10 Å². The summed E-state index contributed by atoms with van der Waals surface area (Å²) in [5, 5.41) is 0. The molecule has 0 unspecified atom stereocenters. The van der Waals surface area contributed by atoms with E-state index in [-0.39, 0.29) is 22.5 Å². The van der Waals surface area contributed by atoms with E-state index in [1.807, 2.05) is 31.2 Å². The fraction of sp³-hybridized carbons (Fsp3) is 0.480. The van der Waals surface area contributed by atoms with Gasteiger partial charge in [0.2, 0.25) is 10.0 Å². The first-order valence-electron chi connectivity index (χ1n) is 11.8. The predicted molar refractivity (Wildman–Crippen MR) is 126 cm³/mol. The van der Waals surface area contributed by atoms with E-state index in [0.29, 0.717) is 51.4 Å². The Morgan fingerprint density at radius 2 is 1.55 bits per heavy atom. The molecule has 2 saturated heterocycles. The van der Waals surface area contributed by atoms with Gasteiger partial charge in [0.05, 0.1) is 17.1 Å². The summed E-state index contributed by atoms with van der Waals surface area (Å²) in [6.07, 6.45) is 4.08. The standard InChI is InChI=1S/C25H32N2O5S/c1-2-31-22-11-5-6-12-23(22)32-20-14-18-26(19-15-20)25(28)21-10-4-7-13-24(21)33(29,30)27-16-8-3-9-17-27/h4-7,10-13,20H,2-3,8-9,14-19H2,1H3. The lowest BCUT2D eigenvalue weighted by Crippen LogP contribution is -2.43. The quantitative estimate of drug-likeness (QED) is 0.610. The highest BCUT2D eigenvalue weighted by Crippen LogP contribution is 2.30. The van der Waals surface area contributed by atoms with Crippen molar-refractivity contribution in [3.8, 4) is 11.5 Å². The number of rotatable bonds is 7. The summed E-state index contributed by atoms with van der Waals surface area (Å²) in [6, 6.07) is 14.2. The molecule has 0 N–H and O–H groups in total. The van der Waals surface area contributed by atoms with Crippen LogP contribution in [0.25, 0.3) is 0 Å².